The number of piperidine rings is 1. The van der Waals surface area contributed by atoms with Crippen molar-refractivity contribution in [2.75, 3.05) is 39.3 Å². The van der Waals surface area contributed by atoms with E-state index in [1.165, 1.54) is 12.8 Å². The van der Waals surface area contributed by atoms with Gasteiger partial charge < -0.3 is 10.2 Å². The minimum absolute atomic E-state index is 0.325. The summed E-state index contributed by atoms with van der Waals surface area (Å²) in [6.07, 6.45) is 2.34. The number of carbonyl (C=O) groups is 1. The van der Waals surface area contributed by atoms with Crippen LogP contribution in [-0.2, 0) is 4.79 Å². The third kappa shape index (κ3) is 3.68. The van der Waals surface area contributed by atoms with Crippen molar-refractivity contribution in [2.45, 2.75) is 32.7 Å². The number of hydrogen-bond donors (Lipinski definition) is 1. The molecule has 2 aliphatic heterocycles. The molecule has 0 saturated carbocycles. The molecule has 2 saturated heterocycles. The van der Waals surface area contributed by atoms with Crippen molar-refractivity contribution in [1.82, 2.24) is 15.1 Å². The van der Waals surface area contributed by atoms with Gasteiger partial charge in [0.1, 0.15) is 0 Å². The fourth-order valence-electron chi connectivity index (χ4n) is 2.71. The van der Waals surface area contributed by atoms with Gasteiger partial charge in [-0.05, 0) is 25.7 Å². The van der Waals surface area contributed by atoms with Crippen LogP contribution in [0.15, 0.2) is 0 Å². The molecule has 1 amide bonds. The van der Waals surface area contributed by atoms with Crippen molar-refractivity contribution in [3.8, 4) is 0 Å². The van der Waals surface area contributed by atoms with Gasteiger partial charge in [0.2, 0.25) is 5.91 Å². The molecule has 0 aromatic heterocycles. The number of nitrogens with zero attached hydrogens (tertiary/aromatic N) is 2. The predicted molar refractivity (Wildman–Crippen MR) is 68.9 cm³/mol. The molecule has 1 atom stereocenters. The number of carbonyl (C=O) groups excluding carboxylic acids is 1. The van der Waals surface area contributed by atoms with Crippen molar-refractivity contribution in [3.63, 3.8) is 0 Å². The maximum Gasteiger partial charge on any atom is 0.236 e. The van der Waals surface area contributed by atoms with Gasteiger partial charge in [0, 0.05) is 38.8 Å². The third-order valence-electron chi connectivity index (χ3n) is 3.95. The largest absolute Gasteiger partial charge is 0.342 e. The number of rotatable bonds is 2. The highest BCUT2D eigenvalue weighted by Gasteiger charge is 2.23. The van der Waals surface area contributed by atoms with E-state index in [9.17, 15) is 4.79 Å². The average molecular weight is 239 g/mol. The zero-order valence-electron chi connectivity index (χ0n) is 11.1. The third-order valence-corrected chi connectivity index (χ3v) is 3.95. The van der Waals surface area contributed by atoms with Crippen molar-refractivity contribution in [1.29, 1.82) is 0 Å². The fraction of sp³-hybridized carbons (Fsp3) is 0.923. The van der Waals surface area contributed by atoms with Crippen LogP contribution in [0.4, 0.5) is 0 Å². The Morgan fingerprint density at radius 1 is 1.24 bits per heavy atom. The van der Waals surface area contributed by atoms with E-state index < -0.39 is 0 Å². The first-order valence-electron chi connectivity index (χ1n) is 6.88. The summed E-state index contributed by atoms with van der Waals surface area (Å²) in [4.78, 5) is 16.5. The van der Waals surface area contributed by atoms with E-state index in [2.05, 4.69) is 24.1 Å². The van der Waals surface area contributed by atoms with Gasteiger partial charge in [-0.2, -0.15) is 0 Å². The predicted octanol–water partition coefficient (Wildman–Crippen LogP) is 0.539. The summed E-state index contributed by atoms with van der Waals surface area (Å²) in [5.41, 5.74) is 0. The monoisotopic (exact) mass is 239 g/mol. The van der Waals surface area contributed by atoms with Gasteiger partial charge in [-0.3, -0.25) is 9.69 Å². The maximum absolute atomic E-state index is 12.1. The summed E-state index contributed by atoms with van der Waals surface area (Å²) in [5.74, 6) is 1.12. The summed E-state index contributed by atoms with van der Waals surface area (Å²) in [7, 11) is 0. The molecule has 0 aliphatic carbocycles. The molecule has 0 spiro atoms. The van der Waals surface area contributed by atoms with Crippen LogP contribution in [-0.4, -0.2) is 61.0 Å². The molecular weight excluding hydrogens is 214 g/mol. The molecule has 2 rings (SSSR count). The molecule has 2 fully saturated rings. The molecule has 0 aromatic rings. The quantitative estimate of drug-likeness (QED) is 0.764. The highest BCUT2D eigenvalue weighted by atomic mass is 16.2. The Hall–Kier alpha value is -0.610. The molecule has 0 unspecified atom stereocenters. The standard InChI is InChI=1S/C13H25N3O/c1-11-3-6-16(7-4-11)13(17)10-15-8-5-14-12(2)9-15/h11-12,14H,3-10H2,1-2H3/t12-/m0/s1. The SMILES string of the molecule is CC1CCN(C(=O)CN2CCN[C@@H](C)C2)CC1. The van der Waals surface area contributed by atoms with Crippen molar-refractivity contribution in [2.24, 2.45) is 5.92 Å². The number of likely N-dealkylation sites (tertiary alicyclic amines) is 1. The van der Waals surface area contributed by atoms with Crippen molar-refractivity contribution in [3.05, 3.63) is 0 Å². The molecule has 4 nitrogen and oxygen atoms in total. The Balaban J connectivity index is 1.76. The number of hydrogen-bond acceptors (Lipinski definition) is 3. The van der Waals surface area contributed by atoms with E-state index in [-0.39, 0.29) is 0 Å². The van der Waals surface area contributed by atoms with Crippen LogP contribution in [0.3, 0.4) is 0 Å². The minimum atomic E-state index is 0.325. The maximum atomic E-state index is 12.1. The summed E-state index contributed by atoms with van der Waals surface area (Å²) in [5, 5.41) is 3.40. The lowest BCUT2D eigenvalue weighted by atomic mass is 9.99. The van der Waals surface area contributed by atoms with Crippen molar-refractivity contribution >= 4 is 5.91 Å². The topological polar surface area (TPSA) is 35.6 Å². The Labute approximate surface area is 104 Å². The molecule has 0 aromatic carbocycles. The summed E-state index contributed by atoms with van der Waals surface area (Å²) in [6.45, 7) is 9.99. The van der Waals surface area contributed by atoms with E-state index in [4.69, 9.17) is 0 Å². The zero-order chi connectivity index (χ0) is 12.3. The molecule has 17 heavy (non-hydrogen) atoms. The smallest absolute Gasteiger partial charge is 0.236 e. The van der Waals surface area contributed by atoms with Gasteiger partial charge in [-0.15, -0.1) is 0 Å². The number of nitrogens with one attached hydrogen (secondary N) is 1. The summed E-state index contributed by atoms with van der Waals surface area (Å²) in [6, 6.07) is 0.512. The molecule has 0 radical (unpaired) electrons. The van der Waals surface area contributed by atoms with Crippen LogP contribution in [0.25, 0.3) is 0 Å². The lowest BCUT2D eigenvalue weighted by molar-refractivity contribution is -0.134. The normalized spacial score (nSPS) is 28.4. The first kappa shape index (κ1) is 12.8. The van der Waals surface area contributed by atoms with Crippen molar-refractivity contribution < 1.29 is 4.79 Å². The molecule has 4 heteroatoms. The van der Waals surface area contributed by atoms with E-state index in [0.29, 0.717) is 18.5 Å². The second kappa shape index (κ2) is 5.83. The average Bonchev–Trinajstić information content (AvgIpc) is 2.29. The minimum Gasteiger partial charge on any atom is -0.342 e. The van der Waals surface area contributed by atoms with E-state index in [0.717, 1.165) is 38.6 Å². The van der Waals surface area contributed by atoms with E-state index in [1.807, 2.05) is 4.90 Å². The Bertz CT molecular complexity index is 261. The van der Waals surface area contributed by atoms with Crippen LogP contribution in [0.1, 0.15) is 26.7 Å². The highest BCUT2D eigenvalue weighted by Crippen LogP contribution is 2.16. The van der Waals surface area contributed by atoms with Gasteiger partial charge in [0.05, 0.1) is 6.54 Å². The summed E-state index contributed by atoms with van der Waals surface area (Å²) >= 11 is 0. The molecule has 2 heterocycles. The second-order valence-electron chi connectivity index (χ2n) is 5.65. The Kier molecular flexibility index (Phi) is 4.40. The highest BCUT2D eigenvalue weighted by molar-refractivity contribution is 5.78. The second-order valence-corrected chi connectivity index (χ2v) is 5.65. The molecule has 98 valence electrons. The summed E-state index contributed by atoms with van der Waals surface area (Å²) < 4.78 is 0. The number of piperazine rings is 1. The van der Waals surface area contributed by atoms with Gasteiger partial charge in [0.25, 0.3) is 0 Å². The van der Waals surface area contributed by atoms with E-state index in [1.54, 1.807) is 0 Å². The lowest BCUT2D eigenvalue weighted by Crippen LogP contribution is -2.52. The Morgan fingerprint density at radius 2 is 1.94 bits per heavy atom. The van der Waals surface area contributed by atoms with E-state index >= 15 is 0 Å². The van der Waals surface area contributed by atoms with Crippen LogP contribution < -0.4 is 5.32 Å². The van der Waals surface area contributed by atoms with Gasteiger partial charge in [-0.1, -0.05) is 6.92 Å². The molecule has 2 aliphatic rings. The molecule has 0 bridgehead atoms. The first-order chi connectivity index (χ1) is 8.15. The van der Waals surface area contributed by atoms with Crippen LogP contribution in [0.5, 0.6) is 0 Å². The van der Waals surface area contributed by atoms with Crippen LogP contribution in [0.2, 0.25) is 0 Å². The molecule has 1 N–H and O–H groups in total. The zero-order valence-corrected chi connectivity index (χ0v) is 11.1. The number of amides is 1. The Morgan fingerprint density at radius 3 is 2.59 bits per heavy atom. The lowest BCUT2D eigenvalue weighted by Gasteiger charge is -2.35. The first-order valence-corrected chi connectivity index (χ1v) is 6.88. The fourth-order valence-corrected chi connectivity index (χ4v) is 2.71. The van der Waals surface area contributed by atoms with Gasteiger partial charge in [0.15, 0.2) is 0 Å². The molecular formula is C13H25N3O. The van der Waals surface area contributed by atoms with Gasteiger partial charge >= 0.3 is 0 Å². The van der Waals surface area contributed by atoms with Crippen LogP contribution in [0, 0.1) is 5.92 Å². The van der Waals surface area contributed by atoms with Crippen LogP contribution >= 0.6 is 0 Å². The van der Waals surface area contributed by atoms with Gasteiger partial charge in [-0.25, -0.2) is 0 Å².